The van der Waals surface area contributed by atoms with Gasteiger partial charge in [0.1, 0.15) is 0 Å². The molecule has 2 unspecified atom stereocenters. The van der Waals surface area contributed by atoms with Crippen LogP contribution in [0.4, 0.5) is 0 Å². The second kappa shape index (κ2) is 10.4. The predicted molar refractivity (Wildman–Crippen MR) is 94.3 cm³/mol. The highest BCUT2D eigenvalue weighted by Crippen LogP contribution is 2.16. The molecule has 3 nitrogen and oxygen atoms in total. The summed E-state index contributed by atoms with van der Waals surface area (Å²) in [4.78, 5) is 12.0. The molecule has 2 atom stereocenters. The number of rotatable bonds is 9. The summed E-state index contributed by atoms with van der Waals surface area (Å²) in [5.41, 5.74) is 1.12. The Hall–Kier alpha value is -0.360. The summed E-state index contributed by atoms with van der Waals surface area (Å²) in [5, 5.41) is 12.5. The number of aliphatic hydroxyl groups is 1. The largest absolute Gasteiger partial charge is 0.396 e. The second-order valence-electron chi connectivity index (χ2n) is 4.85. The molecule has 0 heterocycles. The summed E-state index contributed by atoms with van der Waals surface area (Å²) in [6.07, 6.45) is 4.53. The van der Waals surface area contributed by atoms with Crippen molar-refractivity contribution in [3.05, 3.63) is 34.9 Å². The van der Waals surface area contributed by atoms with Crippen LogP contribution in [0, 0.1) is 0 Å². The van der Waals surface area contributed by atoms with Crippen LogP contribution in [0.1, 0.15) is 24.8 Å². The molecule has 1 aromatic rings. The zero-order valence-electron chi connectivity index (χ0n) is 12.1. The molecular weight excluding hydrogens is 326 g/mol. The van der Waals surface area contributed by atoms with Gasteiger partial charge in [-0.15, -0.1) is 11.8 Å². The van der Waals surface area contributed by atoms with Crippen molar-refractivity contribution in [3.63, 3.8) is 0 Å². The van der Waals surface area contributed by atoms with Crippen molar-refractivity contribution in [2.45, 2.75) is 36.3 Å². The summed E-state index contributed by atoms with van der Waals surface area (Å²) in [5.74, 6) is 0.00116. The lowest BCUT2D eigenvalue weighted by molar-refractivity contribution is -0.121. The molecule has 0 aromatic heterocycles. The SMILES string of the molecule is CSC(CCCO)NC(=O)CC(S)Cc1ccc(Cl)cc1. The monoisotopic (exact) mass is 347 g/mol. The fourth-order valence-electron chi connectivity index (χ4n) is 1.94. The Morgan fingerprint density at radius 2 is 2.10 bits per heavy atom. The number of halogens is 1. The van der Waals surface area contributed by atoms with E-state index in [2.05, 4.69) is 17.9 Å². The Kier molecular flexibility index (Phi) is 9.24. The van der Waals surface area contributed by atoms with Gasteiger partial charge in [0.15, 0.2) is 0 Å². The standard InChI is InChI=1S/C15H22ClNO2S2/c1-21-15(3-2-8-18)17-14(19)10-13(20)9-11-4-6-12(16)7-5-11/h4-7,13,15,18,20H,2-3,8-10H2,1H3,(H,17,19). The molecule has 1 rings (SSSR count). The molecule has 1 aromatic carbocycles. The van der Waals surface area contributed by atoms with Gasteiger partial charge in [0.05, 0.1) is 5.37 Å². The molecule has 0 saturated heterocycles. The van der Waals surface area contributed by atoms with Gasteiger partial charge in [-0.3, -0.25) is 4.79 Å². The molecule has 0 fully saturated rings. The van der Waals surface area contributed by atoms with E-state index in [0.717, 1.165) is 18.4 Å². The number of carbonyl (C=O) groups excluding carboxylic acids is 1. The molecule has 0 aliphatic rings. The van der Waals surface area contributed by atoms with Gasteiger partial charge in [0.2, 0.25) is 5.91 Å². The van der Waals surface area contributed by atoms with E-state index in [1.807, 2.05) is 30.5 Å². The van der Waals surface area contributed by atoms with Crippen molar-refractivity contribution < 1.29 is 9.90 Å². The maximum atomic E-state index is 12.0. The van der Waals surface area contributed by atoms with Crippen LogP contribution in [-0.4, -0.2) is 34.5 Å². The number of amides is 1. The number of hydrogen-bond acceptors (Lipinski definition) is 4. The minimum atomic E-state index is -0.0217. The first-order valence-electron chi connectivity index (χ1n) is 6.90. The zero-order valence-corrected chi connectivity index (χ0v) is 14.6. The van der Waals surface area contributed by atoms with E-state index < -0.39 is 0 Å². The maximum Gasteiger partial charge on any atom is 0.221 e. The summed E-state index contributed by atoms with van der Waals surface area (Å²) in [6, 6.07) is 7.59. The van der Waals surface area contributed by atoms with Crippen molar-refractivity contribution in [1.82, 2.24) is 5.32 Å². The third kappa shape index (κ3) is 8.00. The van der Waals surface area contributed by atoms with Crippen LogP contribution < -0.4 is 5.32 Å². The number of aliphatic hydroxyl groups excluding tert-OH is 1. The molecule has 0 radical (unpaired) electrons. The fourth-order valence-corrected chi connectivity index (χ4v) is 3.10. The lowest BCUT2D eigenvalue weighted by atomic mass is 10.1. The van der Waals surface area contributed by atoms with Crippen LogP contribution in [0.25, 0.3) is 0 Å². The molecule has 118 valence electrons. The van der Waals surface area contributed by atoms with Gasteiger partial charge in [0.25, 0.3) is 0 Å². The number of carbonyl (C=O) groups is 1. The van der Waals surface area contributed by atoms with Crippen molar-refractivity contribution in [2.75, 3.05) is 12.9 Å². The maximum absolute atomic E-state index is 12.0. The van der Waals surface area contributed by atoms with Crippen molar-refractivity contribution >= 4 is 41.9 Å². The first-order chi connectivity index (χ1) is 10.0. The van der Waals surface area contributed by atoms with E-state index in [4.69, 9.17) is 16.7 Å². The third-order valence-corrected chi connectivity index (χ3v) is 4.58. The highest BCUT2D eigenvalue weighted by atomic mass is 35.5. The van der Waals surface area contributed by atoms with E-state index in [1.165, 1.54) is 0 Å². The molecule has 0 aliphatic carbocycles. The van der Waals surface area contributed by atoms with Gasteiger partial charge in [-0.1, -0.05) is 23.7 Å². The molecule has 0 saturated carbocycles. The van der Waals surface area contributed by atoms with Gasteiger partial charge in [-0.2, -0.15) is 12.6 Å². The topological polar surface area (TPSA) is 49.3 Å². The molecule has 0 spiro atoms. The molecule has 0 aliphatic heterocycles. The molecule has 6 heteroatoms. The molecule has 21 heavy (non-hydrogen) atoms. The number of benzene rings is 1. The van der Waals surface area contributed by atoms with E-state index in [0.29, 0.717) is 17.9 Å². The highest BCUT2D eigenvalue weighted by molar-refractivity contribution is 7.99. The molecule has 0 bridgehead atoms. The van der Waals surface area contributed by atoms with Crippen LogP contribution in [0.15, 0.2) is 24.3 Å². The van der Waals surface area contributed by atoms with Crippen molar-refractivity contribution in [3.8, 4) is 0 Å². The summed E-state index contributed by atoms with van der Waals surface area (Å²) in [6.45, 7) is 0.151. The molecule has 1 amide bonds. The van der Waals surface area contributed by atoms with E-state index in [9.17, 15) is 4.79 Å². The minimum absolute atomic E-state index is 0.00116. The van der Waals surface area contributed by atoms with Crippen LogP contribution in [0.3, 0.4) is 0 Å². The number of thiol groups is 1. The zero-order chi connectivity index (χ0) is 15.7. The van der Waals surface area contributed by atoms with Crippen LogP contribution >= 0.6 is 36.0 Å². The Labute approximate surface area is 141 Å². The Bertz CT molecular complexity index is 428. The van der Waals surface area contributed by atoms with Gasteiger partial charge in [0, 0.05) is 23.3 Å². The van der Waals surface area contributed by atoms with Gasteiger partial charge >= 0.3 is 0 Å². The number of nitrogens with one attached hydrogen (secondary N) is 1. The average molecular weight is 348 g/mol. The van der Waals surface area contributed by atoms with Crippen LogP contribution in [-0.2, 0) is 11.2 Å². The van der Waals surface area contributed by atoms with Crippen molar-refractivity contribution in [1.29, 1.82) is 0 Å². The van der Waals surface area contributed by atoms with Gasteiger partial charge in [-0.05, 0) is 43.2 Å². The summed E-state index contributed by atoms with van der Waals surface area (Å²) >= 11 is 11.9. The van der Waals surface area contributed by atoms with E-state index in [-0.39, 0.29) is 23.1 Å². The average Bonchev–Trinajstić information content (AvgIpc) is 2.45. The first-order valence-corrected chi connectivity index (χ1v) is 9.09. The molecule has 2 N–H and O–H groups in total. The van der Waals surface area contributed by atoms with Crippen LogP contribution in [0.5, 0.6) is 0 Å². The first kappa shape index (κ1) is 18.7. The third-order valence-electron chi connectivity index (χ3n) is 3.04. The van der Waals surface area contributed by atoms with Gasteiger partial charge < -0.3 is 10.4 Å². The normalized spacial score (nSPS) is 13.7. The quantitative estimate of drug-likeness (QED) is 0.475. The second-order valence-corrected chi connectivity index (χ2v) is 7.05. The van der Waals surface area contributed by atoms with Gasteiger partial charge in [-0.25, -0.2) is 0 Å². The minimum Gasteiger partial charge on any atom is -0.396 e. The van der Waals surface area contributed by atoms with E-state index in [1.54, 1.807) is 11.8 Å². The van der Waals surface area contributed by atoms with Crippen molar-refractivity contribution in [2.24, 2.45) is 0 Å². The smallest absolute Gasteiger partial charge is 0.221 e. The van der Waals surface area contributed by atoms with Crippen LogP contribution in [0.2, 0.25) is 5.02 Å². The van der Waals surface area contributed by atoms with E-state index >= 15 is 0 Å². The fraction of sp³-hybridized carbons (Fsp3) is 0.533. The Morgan fingerprint density at radius 1 is 1.43 bits per heavy atom. The lowest BCUT2D eigenvalue weighted by Crippen LogP contribution is -2.34. The molecular formula is C15H22ClNO2S2. The Morgan fingerprint density at radius 3 is 2.67 bits per heavy atom. The predicted octanol–water partition coefficient (Wildman–Crippen LogP) is 3.15. The summed E-state index contributed by atoms with van der Waals surface area (Å²) < 4.78 is 0. The Balaban J connectivity index is 2.37. The lowest BCUT2D eigenvalue weighted by Gasteiger charge is -2.17. The summed E-state index contributed by atoms with van der Waals surface area (Å²) in [7, 11) is 0. The number of thioether (sulfide) groups is 1. The highest BCUT2D eigenvalue weighted by Gasteiger charge is 2.14. The number of hydrogen-bond donors (Lipinski definition) is 3.